The fourth-order valence-electron chi connectivity index (χ4n) is 1.71. The van der Waals surface area contributed by atoms with Crippen LogP contribution >= 0.6 is 11.3 Å². The summed E-state index contributed by atoms with van der Waals surface area (Å²) in [5, 5.41) is 8.85. The Morgan fingerprint density at radius 1 is 1.48 bits per heavy atom. The molecule has 2 aromatic rings. The first kappa shape index (κ1) is 15.2. The summed E-state index contributed by atoms with van der Waals surface area (Å²) >= 11 is 0.653. The van der Waals surface area contributed by atoms with Gasteiger partial charge in [0.15, 0.2) is 4.21 Å². The van der Waals surface area contributed by atoms with E-state index >= 15 is 0 Å². The van der Waals surface area contributed by atoms with Crippen molar-refractivity contribution in [2.24, 2.45) is 0 Å². The zero-order chi connectivity index (χ0) is 15.6. The highest BCUT2D eigenvalue weighted by Crippen LogP contribution is 2.25. The van der Waals surface area contributed by atoms with E-state index in [0.29, 0.717) is 23.5 Å². The molecule has 0 radical (unpaired) electrons. The lowest BCUT2D eigenvalue weighted by atomic mass is 10.3. The Morgan fingerprint density at radius 3 is 2.81 bits per heavy atom. The summed E-state index contributed by atoms with van der Waals surface area (Å²) < 4.78 is 26.2. The van der Waals surface area contributed by atoms with Gasteiger partial charge in [-0.3, -0.25) is 14.1 Å². The van der Waals surface area contributed by atoms with Crippen molar-refractivity contribution in [2.45, 2.75) is 17.6 Å². The summed E-state index contributed by atoms with van der Waals surface area (Å²) in [5.74, 6) is 0. The Balaban J connectivity index is 2.52. The minimum atomic E-state index is -3.87. The molecule has 9 heteroatoms. The first-order valence-electron chi connectivity index (χ1n) is 5.96. The van der Waals surface area contributed by atoms with Crippen molar-refractivity contribution in [3.8, 4) is 6.07 Å². The molecule has 110 valence electrons. The van der Waals surface area contributed by atoms with Crippen LogP contribution in [0.1, 0.15) is 18.2 Å². The van der Waals surface area contributed by atoms with Crippen LogP contribution < -0.4 is 9.18 Å². The van der Waals surface area contributed by atoms with Gasteiger partial charge in [0, 0.05) is 18.9 Å². The van der Waals surface area contributed by atoms with E-state index in [1.54, 1.807) is 6.92 Å². The SMILES string of the molecule is CCc1[nH]c(=O)sc1S(=O)(=O)N(C)c1cncc(C#N)c1. The first-order valence-corrected chi connectivity index (χ1v) is 8.22. The lowest BCUT2D eigenvalue weighted by Gasteiger charge is -2.18. The molecule has 21 heavy (non-hydrogen) atoms. The van der Waals surface area contributed by atoms with Gasteiger partial charge in [-0.15, -0.1) is 0 Å². The quantitative estimate of drug-likeness (QED) is 0.906. The normalized spacial score (nSPS) is 11.1. The van der Waals surface area contributed by atoms with Crippen molar-refractivity contribution in [1.82, 2.24) is 9.97 Å². The molecule has 1 N–H and O–H groups in total. The summed E-state index contributed by atoms with van der Waals surface area (Å²) in [6.07, 6.45) is 3.09. The zero-order valence-corrected chi connectivity index (χ0v) is 13.0. The van der Waals surface area contributed by atoms with Gasteiger partial charge >= 0.3 is 4.87 Å². The zero-order valence-electron chi connectivity index (χ0n) is 11.3. The number of H-pyrrole nitrogens is 1. The van der Waals surface area contributed by atoms with E-state index in [9.17, 15) is 13.2 Å². The van der Waals surface area contributed by atoms with Crippen LogP contribution in [-0.4, -0.2) is 25.4 Å². The van der Waals surface area contributed by atoms with E-state index in [4.69, 9.17) is 5.26 Å². The average Bonchev–Trinajstić information content (AvgIpc) is 2.88. The molecule has 0 aliphatic heterocycles. The van der Waals surface area contributed by atoms with Gasteiger partial charge in [0.25, 0.3) is 10.0 Å². The lowest BCUT2D eigenvalue weighted by Crippen LogP contribution is -2.26. The number of rotatable bonds is 4. The van der Waals surface area contributed by atoms with Crippen molar-refractivity contribution in [2.75, 3.05) is 11.4 Å². The maximum atomic E-state index is 12.6. The molecular weight excluding hydrogens is 312 g/mol. The van der Waals surface area contributed by atoms with Crippen LogP contribution in [0, 0.1) is 11.3 Å². The minimum Gasteiger partial charge on any atom is -0.315 e. The highest BCUT2D eigenvalue weighted by atomic mass is 32.2. The predicted octanol–water partition coefficient (Wildman–Crippen LogP) is 1.09. The van der Waals surface area contributed by atoms with Crippen LogP contribution in [0.3, 0.4) is 0 Å². The number of aromatic amines is 1. The second kappa shape index (κ2) is 5.67. The molecule has 0 atom stereocenters. The first-order chi connectivity index (χ1) is 9.90. The number of thiazole rings is 1. The molecule has 2 rings (SSSR count). The number of aromatic nitrogens is 2. The molecule has 2 heterocycles. The third kappa shape index (κ3) is 2.81. The van der Waals surface area contributed by atoms with Crippen molar-refractivity contribution < 1.29 is 8.42 Å². The van der Waals surface area contributed by atoms with Crippen LogP contribution in [0.15, 0.2) is 27.5 Å². The fraction of sp³-hybridized carbons (Fsp3) is 0.250. The summed E-state index contributed by atoms with van der Waals surface area (Å²) in [5.41, 5.74) is 0.894. The van der Waals surface area contributed by atoms with Gasteiger partial charge in [0.05, 0.1) is 17.4 Å². The number of pyridine rings is 1. The van der Waals surface area contributed by atoms with Gasteiger partial charge in [0.2, 0.25) is 0 Å². The van der Waals surface area contributed by atoms with Gasteiger partial charge in [-0.1, -0.05) is 18.3 Å². The fourth-order valence-corrected chi connectivity index (χ4v) is 4.49. The smallest absolute Gasteiger partial charge is 0.306 e. The molecule has 2 aromatic heterocycles. The molecule has 0 unspecified atom stereocenters. The number of hydrogen-bond donors (Lipinski definition) is 1. The Hall–Kier alpha value is -2.18. The Kier molecular flexibility index (Phi) is 4.11. The lowest BCUT2D eigenvalue weighted by molar-refractivity contribution is 0.595. The molecule has 0 aliphatic carbocycles. The van der Waals surface area contributed by atoms with Gasteiger partial charge in [-0.05, 0) is 12.5 Å². The van der Waals surface area contributed by atoms with Gasteiger partial charge < -0.3 is 4.98 Å². The summed E-state index contributed by atoms with van der Waals surface area (Å²) in [6, 6.07) is 3.32. The third-order valence-electron chi connectivity index (χ3n) is 2.85. The van der Waals surface area contributed by atoms with E-state index < -0.39 is 14.9 Å². The number of nitrogens with one attached hydrogen (secondary N) is 1. The molecule has 0 bridgehead atoms. The van der Waals surface area contributed by atoms with Crippen molar-refractivity contribution in [1.29, 1.82) is 5.26 Å². The van der Waals surface area contributed by atoms with E-state index in [1.807, 2.05) is 6.07 Å². The van der Waals surface area contributed by atoms with Crippen molar-refractivity contribution in [3.05, 3.63) is 39.4 Å². The van der Waals surface area contributed by atoms with E-state index in [1.165, 1.54) is 25.5 Å². The number of sulfonamides is 1. The molecule has 0 aromatic carbocycles. The number of nitriles is 1. The number of anilines is 1. The third-order valence-corrected chi connectivity index (χ3v) is 6.10. The topological polar surface area (TPSA) is 107 Å². The monoisotopic (exact) mass is 324 g/mol. The number of nitrogens with zero attached hydrogens (tertiary/aromatic N) is 3. The molecule has 0 saturated carbocycles. The molecule has 0 saturated heterocycles. The number of aryl methyl sites for hydroxylation is 1. The van der Waals surface area contributed by atoms with Crippen LogP contribution in [0.2, 0.25) is 0 Å². The average molecular weight is 324 g/mol. The van der Waals surface area contributed by atoms with E-state index in [2.05, 4.69) is 9.97 Å². The van der Waals surface area contributed by atoms with Gasteiger partial charge in [0.1, 0.15) is 6.07 Å². The van der Waals surface area contributed by atoms with Crippen LogP contribution in [0.5, 0.6) is 0 Å². The summed E-state index contributed by atoms with van der Waals surface area (Å²) in [7, 11) is -2.51. The maximum absolute atomic E-state index is 12.6. The van der Waals surface area contributed by atoms with E-state index in [0.717, 1.165) is 4.31 Å². The Bertz CT molecular complexity index is 861. The van der Waals surface area contributed by atoms with Crippen molar-refractivity contribution >= 4 is 27.0 Å². The molecule has 0 amide bonds. The van der Waals surface area contributed by atoms with Gasteiger partial charge in [-0.25, -0.2) is 8.42 Å². The molecule has 7 nitrogen and oxygen atoms in total. The highest BCUT2D eigenvalue weighted by Gasteiger charge is 2.27. The van der Waals surface area contributed by atoms with Crippen LogP contribution in [-0.2, 0) is 16.4 Å². The van der Waals surface area contributed by atoms with Crippen LogP contribution in [0.4, 0.5) is 5.69 Å². The highest BCUT2D eigenvalue weighted by molar-refractivity contribution is 7.94. The molecular formula is C12H12N4O3S2. The summed E-state index contributed by atoms with van der Waals surface area (Å²) in [6.45, 7) is 1.76. The molecule has 0 aliphatic rings. The standard InChI is InChI=1S/C12H12N4O3S2/c1-3-10-11(20-12(17)15-10)21(18,19)16(2)9-4-8(5-13)6-14-7-9/h4,6-7H,3H2,1-2H3,(H,15,17). The largest absolute Gasteiger partial charge is 0.315 e. The molecule has 0 spiro atoms. The Morgan fingerprint density at radius 2 is 2.19 bits per heavy atom. The summed E-state index contributed by atoms with van der Waals surface area (Å²) in [4.78, 5) is 17.3. The van der Waals surface area contributed by atoms with Crippen molar-refractivity contribution in [3.63, 3.8) is 0 Å². The number of hydrogen-bond acceptors (Lipinski definition) is 6. The minimum absolute atomic E-state index is 0.0140. The van der Waals surface area contributed by atoms with Crippen LogP contribution in [0.25, 0.3) is 0 Å². The maximum Gasteiger partial charge on any atom is 0.306 e. The van der Waals surface area contributed by atoms with Gasteiger partial charge in [-0.2, -0.15) is 5.26 Å². The predicted molar refractivity (Wildman–Crippen MR) is 78.9 cm³/mol. The Labute approximate surface area is 125 Å². The second-order valence-electron chi connectivity index (χ2n) is 4.15. The second-order valence-corrected chi connectivity index (χ2v) is 7.30. The molecule has 0 fully saturated rings. The van der Waals surface area contributed by atoms with E-state index in [-0.39, 0.29) is 15.5 Å².